The minimum absolute atomic E-state index is 0.734. The zero-order chi connectivity index (χ0) is 13.8. The minimum atomic E-state index is 0.734. The monoisotopic (exact) mass is 269 g/mol. The van der Waals surface area contributed by atoms with E-state index in [0.29, 0.717) is 0 Å². The SMILES string of the molecule is CCCCCCCCC(CC1CCOC1)NCCC. The van der Waals surface area contributed by atoms with Crippen LogP contribution in [0.15, 0.2) is 0 Å². The van der Waals surface area contributed by atoms with Crippen molar-refractivity contribution < 1.29 is 4.74 Å². The first kappa shape index (κ1) is 17.0. The van der Waals surface area contributed by atoms with Crippen molar-refractivity contribution >= 4 is 0 Å². The Morgan fingerprint density at radius 2 is 1.84 bits per heavy atom. The maximum atomic E-state index is 5.50. The van der Waals surface area contributed by atoms with Gasteiger partial charge in [0.15, 0.2) is 0 Å². The molecule has 0 spiro atoms. The summed E-state index contributed by atoms with van der Waals surface area (Å²) < 4.78 is 5.50. The highest BCUT2D eigenvalue weighted by atomic mass is 16.5. The molecule has 0 radical (unpaired) electrons. The van der Waals surface area contributed by atoms with Crippen molar-refractivity contribution in [2.45, 2.75) is 84.1 Å². The Hall–Kier alpha value is -0.0800. The molecule has 0 aromatic carbocycles. The molecule has 1 aliphatic rings. The number of hydrogen-bond acceptors (Lipinski definition) is 2. The van der Waals surface area contributed by atoms with E-state index in [1.165, 1.54) is 70.8 Å². The van der Waals surface area contributed by atoms with Crippen molar-refractivity contribution in [3.63, 3.8) is 0 Å². The quantitative estimate of drug-likeness (QED) is 0.525. The van der Waals surface area contributed by atoms with Crippen molar-refractivity contribution in [1.29, 1.82) is 0 Å². The van der Waals surface area contributed by atoms with Crippen LogP contribution in [0.4, 0.5) is 0 Å². The largest absolute Gasteiger partial charge is 0.381 e. The van der Waals surface area contributed by atoms with E-state index in [2.05, 4.69) is 19.2 Å². The Morgan fingerprint density at radius 1 is 1.05 bits per heavy atom. The molecule has 1 aliphatic heterocycles. The van der Waals surface area contributed by atoms with Gasteiger partial charge in [0.05, 0.1) is 0 Å². The lowest BCUT2D eigenvalue weighted by molar-refractivity contribution is 0.180. The lowest BCUT2D eigenvalue weighted by atomic mass is 9.95. The van der Waals surface area contributed by atoms with Gasteiger partial charge < -0.3 is 10.1 Å². The Labute approximate surface area is 120 Å². The molecular weight excluding hydrogens is 234 g/mol. The second kappa shape index (κ2) is 11.7. The fourth-order valence-corrected chi connectivity index (χ4v) is 2.99. The lowest BCUT2D eigenvalue weighted by Crippen LogP contribution is -2.32. The number of nitrogens with one attached hydrogen (secondary N) is 1. The summed E-state index contributed by atoms with van der Waals surface area (Å²) in [5.41, 5.74) is 0. The second-order valence-electron chi connectivity index (χ2n) is 6.17. The summed E-state index contributed by atoms with van der Waals surface area (Å²) in [6.07, 6.45) is 13.7. The molecule has 2 atom stereocenters. The highest BCUT2D eigenvalue weighted by Crippen LogP contribution is 2.21. The smallest absolute Gasteiger partial charge is 0.0495 e. The summed E-state index contributed by atoms with van der Waals surface area (Å²) in [4.78, 5) is 0. The third-order valence-corrected chi connectivity index (χ3v) is 4.23. The molecule has 0 amide bonds. The molecule has 1 heterocycles. The van der Waals surface area contributed by atoms with Gasteiger partial charge in [0.2, 0.25) is 0 Å². The Bertz CT molecular complexity index is 190. The van der Waals surface area contributed by atoms with Crippen molar-refractivity contribution in [2.75, 3.05) is 19.8 Å². The zero-order valence-corrected chi connectivity index (χ0v) is 13.3. The van der Waals surface area contributed by atoms with E-state index in [1.807, 2.05) is 0 Å². The van der Waals surface area contributed by atoms with E-state index in [0.717, 1.165) is 25.2 Å². The van der Waals surface area contributed by atoms with Crippen LogP contribution in [0, 0.1) is 5.92 Å². The first-order valence-corrected chi connectivity index (χ1v) is 8.68. The van der Waals surface area contributed by atoms with Crippen molar-refractivity contribution in [2.24, 2.45) is 5.92 Å². The fourth-order valence-electron chi connectivity index (χ4n) is 2.99. The van der Waals surface area contributed by atoms with Crippen molar-refractivity contribution in [3.05, 3.63) is 0 Å². The van der Waals surface area contributed by atoms with Crippen LogP contribution in [0.25, 0.3) is 0 Å². The molecular formula is C17H35NO. The summed E-state index contributed by atoms with van der Waals surface area (Å²) in [7, 11) is 0. The Kier molecular flexibility index (Phi) is 10.5. The molecule has 0 aliphatic carbocycles. The average molecular weight is 269 g/mol. The van der Waals surface area contributed by atoms with E-state index in [-0.39, 0.29) is 0 Å². The highest BCUT2D eigenvalue weighted by molar-refractivity contribution is 4.74. The molecule has 1 saturated heterocycles. The molecule has 1 rings (SSSR count). The van der Waals surface area contributed by atoms with Crippen LogP contribution >= 0.6 is 0 Å². The highest BCUT2D eigenvalue weighted by Gasteiger charge is 2.20. The summed E-state index contributed by atoms with van der Waals surface area (Å²) in [5.74, 6) is 0.814. The lowest BCUT2D eigenvalue weighted by Gasteiger charge is -2.21. The standard InChI is InChI=1S/C17H35NO/c1-3-5-6-7-8-9-10-17(18-12-4-2)14-16-11-13-19-15-16/h16-18H,3-15H2,1-2H3. The van der Waals surface area contributed by atoms with Gasteiger partial charge in [-0.2, -0.15) is 0 Å². The topological polar surface area (TPSA) is 21.3 Å². The third kappa shape index (κ3) is 8.65. The average Bonchev–Trinajstić information content (AvgIpc) is 2.92. The predicted octanol–water partition coefficient (Wildman–Crippen LogP) is 4.53. The van der Waals surface area contributed by atoms with Crippen LogP contribution in [0.2, 0.25) is 0 Å². The van der Waals surface area contributed by atoms with Gasteiger partial charge >= 0.3 is 0 Å². The predicted molar refractivity (Wildman–Crippen MR) is 83.6 cm³/mol. The van der Waals surface area contributed by atoms with Gasteiger partial charge in [-0.3, -0.25) is 0 Å². The number of ether oxygens (including phenoxy) is 1. The van der Waals surface area contributed by atoms with E-state index >= 15 is 0 Å². The first-order valence-electron chi connectivity index (χ1n) is 8.68. The van der Waals surface area contributed by atoms with Crippen LogP contribution < -0.4 is 5.32 Å². The van der Waals surface area contributed by atoms with Crippen LogP contribution in [0.1, 0.15) is 78.1 Å². The van der Waals surface area contributed by atoms with Crippen molar-refractivity contribution in [3.8, 4) is 0 Å². The molecule has 2 nitrogen and oxygen atoms in total. The van der Waals surface area contributed by atoms with Gasteiger partial charge in [0.1, 0.15) is 0 Å². The van der Waals surface area contributed by atoms with E-state index in [1.54, 1.807) is 0 Å². The summed E-state index contributed by atoms with van der Waals surface area (Å²) in [6.45, 7) is 7.71. The second-order valence-corrected chi connectivity index (χ2v) is 6.17. The van der Waals surface area contributed by atoms with E-state index in [9.17, 15) is 0 Å². The Morgan fingerprint density at radius 3 is 2.53 bits per heavy atom. The van der Waals surface area contributed by atoms with E-state index < -0.39 is 0 Å². The van der Waals surface area contributed by atoms with Crippen LogP contribution in [0.3, 0.4) is 0 Å². The molecule has 0 aromatic heterocycles. The number of unbranched alkanes of at least 4 members (excludes halogenated alkanes) is 5. The third-order valence-electron chi connectivity index (χ3n) is 4.23. The van der Waals surface area contributed by atoms with Gasteiger partial charge in [0.25, 0.3) is 0 Å². The van der Waals surface area contributed by atoms with Gasteiger partial charge in [-0.1, -0.05) is 52.4 Å². The van der Waals surface area contributed by atoms with Crippen LogP contribution in [-0.4, -0.2) is 25.8 Å². The molecule has 0 saturated carbocycles. The van der Waals surface area contributed by atoms with Crippen molar-refractivity contribution in [1.82, 2.24) is 5.32 Å². The summed E-state index contributed by atoms with van der Waals surface area (Å²) >= 11 is 0. The minimum Gasteiger partial charge on any atom is -0.381 e. The normalized spacial score (nSPS) is 20.8. The summed E-state index contributed by atoms with van der Waals surface area (Å²) in [5, 5.41) is 3.74. The first-order chi connectivity index (χ1) is 9.36. The van der Waals surface area contributed by atoms with Crippen LogP contribution in [-0.2, 0) is 4.74 Å². The van der Waals surface area contributed by atoms with Gasteiger partial charge in [-0.05, 0) is 38.1 Å². The molecule has 2 heteroatoms. The molecule has 2 unspecified atom stereocenters. The van der Waals surface area contributed by atoms with Crippen LogP contribution in [0.5, 0.6) is 0 Å². The molecule has 0 aromatic rings. The van der Waals surface area contributed by atoms with E-state index in [4.69, 9.17) is 4.74 Å². The Balaban J connectivity index is 2.09. The molecule has 1 N–H and O–H groups in total. The molecule has 1 fully saturated rings. The van der Waals surface area contributed by atoms with Gasteiger partial charge in [0, 0.05) is 19.3 Å². The maximum Gasteiger partial charge on any atom is 0.0495 e. The zero-order valence-electron chi connectivity index (χ0n) is 13.3. The molecule has 114 valence electrons. The molecule has 0 bridgehead atoms. The number of hydrogen-bond donors (Lipinski definition) is 1. The fraction of sp³-hybridized carbons (Fsp3) is 1.00. The maximum absolute atomic E-state index is 5.50. The van der Waals surface area contributed by atoms with Gasteiger partial charge in [-0.25, -0.2) is 0 Å². The number of rotatable bonds is 12. The summed E-state index contributed by atoms with van der Waals surface area (Å²) in [6, 6.07) is 0.734. The van der Waals surface area contributed by atoms with Gasteiger partial charge in [-0.15, -0.1) is 0 Å². The molecule has 19 heavy (non-hydrogen) atoms.